The van der Waals surface area contributed by atoms with Gasteiger partial charge in [0.2, 0.25) is 10.0 Å². The molecule has 8 heteroatoms. The Bertz CT molecular complexity index is 658. The van der Waals surface area contributed by atoms with Gasteiger partial charge in [-0.2, -0.15) is 4.31 Å². The molecule has 3 fully saturated rings. The Morgan fingerprint density at radius 2 is 2.08 bits per heavy atom. The second kappa shape index (κ2) is 6.42. The molecular formula is C16H24N2O5S. The Hall–Kier alpha value is -0.930. The molecule has 1 aromatic rings. The normalized spacial score (nSPS) is 30.5. The first-order valence-electron chi connectivity index (χ1n) is 8.52. The molecule has 0 aromatic carbocycles. The molecule has 2 saturated heterocycles. The summed E-state index contributed by atoms with van der Waals surface area (Å²) in [4.78, 5) is 2.28. The third-order valence-corrected chi connectivity index (χ3v) is 7.28. The highest BCUT2D eigenvalue weighted by Gasteiger charge is 2.47. The second-order valence-electron chi connectivity index (χ2n) is 7.00. The minimum atomic E-state index is -3.22. The number of hydrogen-bond acceptors (Lipinski definition) is 6. The topological polar surface area (TPSA) is 72.2 Å². The predicted octanol–water partition coefficient (Wildman–Crippen LogP) is 0.675. The quantitative estimate of drug-likeness (QED) is 0.790. The lowest BCUT2D eigenvalue weighted by Crippen LogP contribution is -2.59. The van der Waals surface area contributed by atoms with Crippen molar-refractivity contribution in [3.05, 3.63) is 24.2 Å². The molecule has 24 heavy (non-hydrogen) atoms. The van der Waals surface area contributed by atoms with Crippen LogP contribution in [0.3, 0.4) is 0 Å². The van der Waals surface area contributed by atoms with Crippen molar-refractivity contribution < 1.29 is 22.3 Å². The van der Waals surface area contributed by atoms with Gasteiger partial charge in [-0.3, -0.25) is 4.90 Å². The molecule has 0 N–H and O–H groups in total. The van der Waals surface area contributed by atoms with E-state index in [1.54, 1.807) is 16.8 Å². The first kappa shape index (κ1) is 16.5. The van der Waals surface area contributed by atoms with Gasteiger partial charge < -0.3 is 13.9 Å². The summed E-state index contributed by atoms with van der Waals surface area (Å²) >= 11 is 0. The Morgan fingerprint density at radius 1 is 1.21 bits per heavy atom. The van der Waals surface area contributed by atoms with Gasteiger partial charge in [0.25, 0.3) is 0 Å². The van der Waals surface area contributed by atoms with E-state index in [-0.39, 0.29) is 5.25 Å². The van der Waals surface area contributed by atoms with E-state index in [0.29, 0.717) is 39.5 Å². The zero-order valence-corrected chi connectivity index (χ0v) is 14.5. The fourth-order valence-corrected chi connectivity index (χ4v) is 5.44. The van der Waals surface area contributed by atoms with Crippen molar-refractivity contribution >= 4 is 10.0 Å². The zero-order chi connectivity index (χ0) is 16.6. The Balaban J connectivity index is 1.49. The van der Waals surface area contributed by atoms with E-state index in [1.807, 2.05) is 6.07 Å². The zero-order valence-electron chi connectivity index (χ0n) is 13.7. The molecule has 1 unspecified atom stereocenters. The SMILES string of the molecule is O=S(=O)(C1CC1)N1CCOCC2(CN(Cc3ccoc3)CCO2)C1. The summed E-state index contributed by atoms with van der Waals surface area (Å²) in [5.74, 6) is 0. The Morgan fingerprint density at radius 3 is 2.83 bits per heavy atom. The molecule has 1 atom stereocenters. The van der Waals surface area contributed by atoms with Crippen molar-refractivity contribution in [2.45, 2.75) is 30.2 Å². The van der Waals surface area contributed by atoms with Crippen LogP contribution in [0.4, 0.5) is 0 Å². The molecule has 1 spiro atoms. The molecule has 3 aliphatic rings. The molecule has 4 rings (SSSR count). The number of hydrogen-bond donors (Lipinski definition) is 0. The number of morpholine rings is 1. The van der Waals surface area contributed by atoms with Gasteiger partial charge in [0.05, 0.1) is 37.6 Å². The van der Waals surface area contributed by atoms with Crippen LogP contribution in [-0.2, 0) is 26.0 Å². The molecule has 7 nitrogen and oxygen atoms in total. The van der Waals surface area contributed by atoms with Crippen LogP contribution < -0.4 is 0 Å². The molecule has 1 aliphatic carbocycles. The number of furan rings is 1. The molecule has 134 valence electrons. The minimum absolute atomic E-state index is 0.196. The summed E-state index contributed by atoms with van der Waals surface area (Å²) in [5, 5.41) is -0.196. The highest BCUT2D eigenvalue weighted by Crippen LogP contribution is 2.33. The van der Waals surface area contributed by atoms with E-state index in [2.05, 4.69) is 4.90 Å². The van der Waals surface area contributed by atoms with Gasteiger partial charge in [0.15, 0.2) is 0 Å². The van der Waals surface area contributed by atoms with Crippen molar-refractivity contribution in [1.29, 1.82) is 0 Å². The van der Waals surface area contributed by atoms with Crippen LogP contribution in [0, 0.1) is 0 Å². The van der Waals surface area contributed by atoms with E-state index in [1.165, 1.54) is 0 Å². The van der Waals surface area contributed by atoms with E-state index in [0.717, 1.165) is 31.5 Å². The van der Waals surface area contributed by atoms with Crippen molar-refractivity contribution in [1.82, 2.24) is 9.21 Å². The van der Waals surface area contributed by atoms with Crippen LogP contribution in [0.5, 0.6) is 0 Å². The van der Waals surface area contributed by atoms with Gasteiger partial charge in [0, 0.05) is 38.3 Å². The summed E-state index contributed by atoms with van der Waals surface area (Å²) in [5.41, 5.74) is 0.532. The maximum atomic E-state index is 12.7. The monoisotopic (exact) mass is 356 g/mol. The van der Waals surface area contributed by atoms with Crippen LogP contribution >= 0.6 is 0 Å². The van der Waals surface area contributed by atoms with Crippen LogP contribution in [0.15, 0.2) is 23.0 Å². The van der Waals surface area contributed by atoms with Gasteiger partial charge in [0.1, 0.15) is 5.60 Å². The van der Waals surface area contributed by atoms with Crippen LogP contribution in [-0.4, -0.2) is 74.5 Å². The van der Waals surface area contributed by atoms with Crippen LogP contribution in [0.2, 0.25) is 0 Å². The van der Waals surface area contributed by atoms with E-state index >= 15 is 0 Å². The highest BCUT2D eigenvalue weighted by molar-refractivity contribution is 7.90. The van der Waals surface area contributed by atoms with Crippen molar-refractivity contribution in [3.63, 3.8) is 0 Å². The summed E-state index contributed by atoms with van der Waals surface area (Å²) in [6.07, 6.45) is 4.97. The van der Waals surface area contributed by atoms with Crippen molar-refractivity contribution in [3.8, 4) is 0 Å². The molecule has 0 amide bonds. The van der Waals surface area contributed by atoms with Gasteiger partial charge in [-0.1, -0.05) is 0 Å². The molecule has 0 radical (unpaired) electrons. The van der Waals surface area contributed by atoms with E-state index in [9.17, 15) is 8.42 Å². The third-order valence-electron chi connectivity index (χ3n) is 4.93. The molecule has 3 heterocycles. The first-order chi connectivity index (χ1) is 11.6. The molecule has 0 bridgehead atoms. The van der Waals surface area contributed by atoms with Gasteiger partial charge in [-0.15, -0.1) is 0 Å². The second-order valence-corrected chi connectivity index (χ2v) is 9.22. The summed E-state index contributed by atoms with van der Waals surface area (Å²) in [6.45, 7) is 4.51. The van der Waals surface area contributed by atoms with Crippen LogP contribution in [0.1, 0.15) is 18.4 Å². The largest absolute Gasteiger partial charge is 0.472 e. The van der Waals surface area contributed by atoms with Gasteiger partial charge in [-0.05, 0) is 18.9 Å². The maximum Gasteiger partial charge on any atom is 0.217 e. The fourth-order valence-electron chi connectivity index (χ4n) is 3.55. The summed E-state index contributed by atoms with van der Waals surface area (Å²) < 4.78 is 43.8. The minimum Gasteiger partial charge on any atom is -0.472 e. The lowest BCUT2D eigenvalue weighted by Gasteiger charge is -2.43. The number of ether oxygens (including phenoxy) is 2. The number of rotatable bonds is 4. The Labute approximate surface area is 142 Å². The fraction of sp³-hybridized carbons (Fsp3) is 0.750. The van der Waals surface area contributed by atoms with Crippen molar-refractivity contribution in [2.24, 2.45) is 0 Å². The smallest absolute Gasteiger partial charge is 0.217 e. The Kier molecular flexibility index (Phi) is 4.42. The van der Waals surface area contributed by atoms with Crippen LogP contribution in [0.25, 0.3) is 0 Å². The number of sulfonamides is 1. The first-order valence-corrected chi connectivity index (χ1v) is 10.0. The van der Waals surface area contributed by atoms with Gasteiger partial charge in [-0.25, -0.2) is 8.42 Å². The number of nitrogens with zero attached hydrogens (tertiary/aromatic N) is 2. The van der Waals surface area contributed by atoms with E-state index < -0.39 is 15.6 Å². The summed E-state index contributed by atoms with van der Waals surface area (Å²) in [7, 11) is -3.22. The van der Waals surface area contributed by atoms with Gasteiger partial charge >= 0.3 is 0 Å². The highest BCUT2D eigenvalue weighted by atomic mass is 32.2. The molecule has 1 aromatic heterocycles. The third kappa shape index (κ3) is 3.39. The maximum absolute atomic E-state index is 12.7. The molecule has 1 saturated carbocycles. The molecule has 2 aliphatic heterocycles. The van der Waals surface area contributed by atoms with E-state index in [4.69, 9.17) is 13.9 Å². The lowest BCUT2D eigenvalue weighted by atomic mass is 10.0. The average Bonchev–Trinajstić information content (AvgIpc) is 3.33. The summed E-state index contributed by atoms with van der Waals surface area (Å²) in [6, 6.07) is 1.95. The standard InChI is InChI=1S/C16H24N2O5S/c19-24(20,15-1-2-15)18-5-7-22-13-16(12-18)11-17(4-8-23-16)9-14-3-6-21-10-14/h3,6,10,15H,1-2,4-5,7-9,11-13H2. The molecular weight excluding hydrogens is 332 g/mol. The van der Waals surface area contributed by atoms with Crippen molar-refractivity contribution in [2.75, 3.05) is 46.0 Å². The average molecular weight is 356 g/mol. The predicted molar refractivity (Wildman–Crippen MR) is 87.0 cm³/mol. The lowest BCUT2D eigenvalue weighted by molar-refractivity contribution is -0.139.